The van der Waals surface area contributed by atoms with Crippen molar-refractivity contribution in [3.05, 3.63) is 63.7 Å². The van der Waals surface area contributed by atoms with E-state index in [-0.39, 0.29) is 11.9 Å². The second kappa shape index (κ2) is 9.18. The summed E-state index contributed by atoms with van der Waals surface area (Å²) >= 11 is 6.09. The number of halogens is 1. The maximum absolute atomic E-state index is 13.1. The lowest BCUT2D eigenvalue weighted by atomic mass is 9.97. The Balaban J connectivity index is 2.37. The van der Waals surface area contributed by atoms with E-state index >= 15 is 0 Å². The first-order valence-corrected chi connectivity index (χ1v) is 11.8. The summed E-state index contributed by atoms with van der Waals surface area (Å²) in [4.78, 5) is 13.1. The van der Waals surface area contributed by atoms with E-state index in [0.717, 1.165) is 32.8 Å². The van der Waals surface area contributed by atoms with Crippen molar-refractivity contribution in [2.24, 2.45) is 0 Å². The highest BCUT2D eigenvalue weighted by atomic mass is 35.5. The van der Waals surface area contributed by atoms with Gasteiger partial charge >= 0.3 is 0 Å². The Morgan fingerprint density at radius 3 is 2.31 bits per heavy atom. The predicted octanol–water partition coefficient (Wildman–Crippen LogP) is 4.69. The highest BCUT2D eigenvalue weighted by molar-refractivity contribution is 7.92. The molecule has 1 N–H and O–H groups in total. The molecule has 0 radical (unpaired) electrons. The molecule has 0 spiro atoms. The van der Waals surface area contributed by atoms with E-state index < -0.39 is 16.1 Å². The summed E-state index contributed by atoms with van der Waals surface area (Å²) < 4.78 is 26.3. The molecule has 1 amide bonds. The molecule has 0 aliphatic carbocycles. The molecule has 0 saturated heterocycles. The van der Waals surface area contributed by atoms with E-state index in [2.05, 4.69) is 11.4 Å². The minimum atomic E-state index is -3.71. The maximum atomic E-state index is 13.1. The van der Waals surface area contributed by atoms with Gasteiger partial charge in [0, 0.05) is 5.02 Å². The van der Waals surface area contributed by atoms with Gasteiger partial charge in [0.1, 0.15) is 6.04 Å². The third kappa shape index (κ3) is 5.52. The number of aryl methyl sites for hydroxylation is 3. The van der Waals surface area contributed by atoms with Crippen LogP contribution >= 0.6 is 11.6 Å². The number of amides is 1. The summed E-state index contributed by atoms with van der Waals surface area (Å²) in [5.74, 6) is -0.360. The van der Waals surface area contributed by atoms with Crippen molar-refractivity contribution in [2.45, 2.75) is 53.1 Å². The molecule has 7 heteroatoms. The van der Waals surface area contributed by atoms with Crippen LogP contribution in [0.1, 0.15) is 48.6 Å². The number of hydrogen-bond acceptors (Lipinski definition) is 3. The summed E-state index contributed by atoms with van der Waals surface area (Å²) in [6.45, 7) is 9.41. The van der Waals surface area contributed by atoms with Crippen LogP contribution in [0.3, 0.4) is 0 Å². The van der Waals surface area contributed by atoms with Crippen molar-refractivity contribution >= 4 is 33.2 Å². The normalized spacial score (nSPS) is 13.6. The fraction of sp³-hybridized carbons (Fsp3) is 0.409. The van der Waals surface area contributed by atoms with Crippen molar-refractivity contribution in [1.82, 2.24) is 5.32 Å². The van der Waals surface area contributed by atoms with Crippen LogP contribution < -0.4 is 9.62 Å². The quantitative estimate of drug-likeness (QED) is 0.684. The average Bonchev–Trinajstić information content (AvgIpc) is 2.62. The third-order valence-electron chi connectivity index (χ3n) is 5.02. The van der Waals surface area contributed by atoms with Crippen molar-refractivity contribution in [1.29, 1.82) is 0 Å². The molecule has 2 rings (SSSR count). The minimum absolute atomic E-state index is 0.201. The van der Waals surface area contributed by atoms with Crippen molar-refractivity contribution in [2.75, 3.05) is 10.6 Å². The smallest absolute Gasteiger partial charge is 0.244 e. The van der Waals surface area contributed by atoms with Crippen LogP contribution in [-0.4, -0.2) is 26.6 Å². The lowest BCUT2D eigenvalue weighted by molar-refractivity contribution is -0.122. The lowest BCUT2D eigenvalue weighted by Gasteiger charge is -2.31. The number of nitrogens with zero attached hydrogens (tertiary/aromatic N) is 1. The van der Waals surface area contributed by atoms with Gasteiger partial charge in [-0.2, -0.15) is 0 Å². The van der Waals surface area contributed by atoms with E-state index in [1.54, 1.807) is 32.0 Å². The van der Waals surface area contributed by atoms with Crippen LogP contribution in [0.2, 0.25) is 5.02 Å². The summed E-state index contributed by atoms with van der Waals surface area (Å²) in [6.07, 6.45) is 1.79. The number of carbonyl (C=O) groups is 1. The fourth-order valence-electron chi connectivity index (χ4n) is 3.51. The molecule has 0 aliphatic rings. The van der Waals surface area contributed by atoms with Crippen LogP contribution in [0, 0.1) is 20.8 Å². The van der Waals surface area contributed by atoms with Gasteiger partial charge < -0.3 is 5.32 Å². The highest BCUT2D eigenvalue weighted by Crippen LogP contribution is 2.29. The number of nitrogens with one attached hydrogen (secondary N) is 1. The molecule has 0 saturated carbocycles. The molecule has 0 aliphatic heterocycles. The maximum Gasteiger partial charge on any atom is 0.244 e. The highest BCUT2D eigenvalue weighted by Gasteiger charge is 2.31. The van der Waals surface area contributed by atoms with E-state index in [1.807, 2.05) is 32.9 Å². The van der Waals surface area contributed by atoms with Crippen molar-refractivity contribution in [3.63, 3.8) is 0 Å². The van der Waals surface area contributed by atoms with Crippen LogP contribution in [-0.2, 0) is 14.8 Å². The van der Waals surface area contributed by atoms with Gasteiger partial charge in [-0.3, -0.25) is 9.10 Å². The van der Waals surface area contributed by atoms with Gasteiger partial charge in [0.15, 0.2) is 0 Å². The monoisotopic (exact) mass is 436 g/mol. The first kappa shape index (κ1) is 23.2. The average molecular weight is 437 g/mol. The first-order valence-electron chi connectivity index (χ1n) is 9.58. The Morgan fingerprint density at radius 1 is 1.10 bits per heavy atom. The van der Waals surface area contributed by atoms with E-state index in [1.165, 1.54) is 0 Å². The topological polar surface area (TPSA) is 66.5 Å². The molecule has 2 aromatic rings. The molecule has 0 heterocycles. The molecule has 29 heavy (non-hydrogen) atoms. The largest absolute Gasteiger partial charge is 0.347 e. The van der Waals surface area contributed by atoms with Gasteiger partial charge in [0.2, 0.25) is 15.9 Å². The predicted molar refractivity (Wildman–Crippen MR) is 120 cm³/mol. The van der Waals surface area contributed by atoms with Crippen molar-refractivity contribution in [3.8, 4) is 0 Å². The number of carbonyl (C=O) groups excluding carboxylic acids is 1. The van der Waals surface area contributed by atoms with Gasteiger partial charge in [0.25, 0.3) is 0 Å². The second-order valence-electron chi connectivity index (χ2n) is 7.50. The minimum Gasteiger partial charge on any atom is -0.347 e. The molecule has 2 atom stereocenters. The number of benzene rings is 2. The fourth-order valence-corrected chi connectivity index (χ4v) is 4.90. The molecule has 158 valence electrons. The van der Waals surface area contributed by atoms with E-state index in [0.29, 0.717) is 17.1 Å². The zero-order valence-corrected chi connectivity index (χ0v) is 19.4. The van der Waals surface area contributed by atoms with Gasteiger partial charge in [-0.05, 0) is 62.9 Å². The first-order chi connectivity index (χ1) is 13.5. The van der Waals surface area contributed by atoms with Gasteiger partial charge in [0.05, 0.1) is 18.0 Å². The Bertz CT molecular complexity index is 1010. The zero-order chi connectivity index (χ0) is 21.9. The van der Waals surface area contributed by atoms with Gasteiger partial charge in [-0.1, -0.05) is 48.4 Å². The third-order valence-corrected chi connectivity index (χ3v) is 6.49. The molecule has 5 nitrogen and oxygen atoms in total. The number of anilines is 1. The Kier molecular flexibility index (Phi) is 7.35. The Labute approximate surface area is 179 Å². The SMILES string of the molecule is CC[C@H](NC(=O)[C@@H](C)N(c1cc(Cl)ccc1C)S(C)(=O)=O)c1ccc(C)cc1C. The van der Waals surface area contributed by atoms with Crippen LogP contribution in [0.5, 0.6) is 0 Å². The summed E-state index contributed by atoms with van der Waals surface area (Å²) in [5.41, 5.74) is 4.41. The van der Waals surface area contributed by atoms with Crippen LogP contribution in [0.25, 0.3) is 0 Å². The number of rotatable bonds is 7. The summed E-state index contributed by atoms with van der Waals surface area (Å²) in [5, 5.41) is 3.43. The van der Waals surface area contributed by atoms with Gasteiger partial charge in [-0.25, -0.2) is 8.42 Å². The Morgan fingerprint density at radius 2 is 1.76 bits per heavy atom. The molecule has 0 bridgehead atoms. The standard InChI is InChI=1S/C22H29ClN2O3S/c1-7-20(19-11-8-14(2)12-16(19)4)24-22(26)17(5)25(29(6,27)28)21-13-18(23)10-9-15(21)3/h8-13,17,20H,7H2,1-6H3,(H,24,26)/t17-,20+/m1/s1. The molecule has 0 aromatic heterocycles. The molecule has 0 fully saturated rings. The summed E-state index contributed by atoms with van der Waals surface area (Å²) in [7, 11) is -3.71. The molecule has 0 unspecified atom stereocenters. The van der Waals surface area contributed by atoms with E-state index in [9.17, 15) is 13.2 Å². The van der Waals surface area contributed by atoms with E-state index in [4.69, 9.17) is 11.6 Å². The molecular weight excluding hydrogens is 408 g/mol. The molecule has 2 aromatic carbocycles. The number of hydrogen-bond donors (Lipinski definition) is 1. The van der Waals surface area contributed by atoms with Crippen LogP contribution in [0.4, 0.5) is 5.69 Å². The molecular formula is C22H29ClN2O3S. The number of sulfonamides is 1. The Hall–Kier alpha value is -2.05. The second-order valence-corrected chi connectivity index (χ2v) is 9.79. The van der Waals surface area contributed by atoms with Crippen LogP contribution in [0.15, 0.2) is 36.4 Å². The van der Waals surface area contributed by atoms with Gasteiger partial charge in [-0.15, -0.1) is 0 Å². The summed E-state index contributed by atoms with van der Waals surface area (Å²) in [6, 6.07) is 9.98. The lowest BCUT2D eigenvalue weighted by Crippen LogP contribution is -2.49. The van der Waals surface area contributed by atoms with Crippen molar-refractivity contribution < 1.29 is 13.2 Å². The zero-order valence-electron chi connectivity index (χ0n) is 17.8.